The number of rotatable bonds is 1. The molecule has 3 N–H and O–H groups in total. The van der Waals surface area contributed by atoms with E-state index >= 15 is 0 Å². The van der Waals surface area contributed by atoms with Gasteiger partial charge >= 0.3 is 0 Å². The van der Waals surface area contributed by atoms with Crippen molar-refractivity contribution in [2.75, 3.05) is 5.73 Å². The average molecular weight is 161 g/mol. The lowest BCUT2D eigenvalue weighted by Gasteiger charge is -1.95. The van der Waals surface area contributed by atoms with E-state index in [0.717, 1.165) is 5.52 Å². The predicted octanol–water partition coefficient (Wildman–Crippen LogP) is 0.578. The monoisotopic (exact) mass is 161 g/mol. The first-order valence-corrected chi connectivity index (χ1v) is 3.40. The molecule has 0 aromatic carbocycles. The van der Waals surface area contributed by atoms with E-state index in [1.807, 2.05) is 0 Å². The van der Waals surface area contributed by atoms with Crippen molar-refractivity contribution < 1.29 is 0 Å². The molecule has 0 bridgehead atoms. The molecule has 0 aliphatic heterocycles. The van der Waals surface area contributed by atoms with Crippen molar-refractivity contribution >= 4 is 23.2 Å². The van der Waals surface area contributed by atoms with Crippen LogP contribution in [0, 0.1) is 0 Å². The van der Waals surface area contributed by atoms with Gasteiger partial charge in [-0.15, -0.1) is 0 Å². The van der Waals surface area contributed by atoms with Crippen molar-refractivity contribution in [3.05, 3.63) is 18.6 Å². The van der Waals surface area contributed by atoms with E-state index in [9.17, 15) is 0 Å². The molecule has 5 heteroatoms. The van der Waals surface area contributed by atoms with Crippen LogP contribution >= 0.6 is 0 Å². The van der Waals surface area contributed by atoms with E-state index in [1.165, 1.54) is 0 Å². The molecular weight excluding hydrogens is 154 g/mol. The van der Waals surface area contributed by atoms with Crippen LogP contribution in [0.3, 0.4) is 0 Å². The average Bonchev–Trinajstić information content (AvgIpc) is 2.50. The molecule has 0 aliphatic rings. The second-order valence-electron chi connectivity index (χ2n) is 2.27. The number of H-pyrrole nitrogens is 1. The highest BCUT2D eigenvalue weighted by atomic mass is 15.1. The highest BCUT2D eigenvalue weighted by Gasteiger charge is 2.03. The van der Waals surface area contributed by atoms with E-state index in [4.69, 9.17) is 5.73 Å². The van der Waals surface area contributed by atoms with Gasteiger partial charge in [-0.1, -0.05) is 6.58 Å². The SMILES string of the molecule is C=Cc1nc(N)nc2nc[nH]c12. The van der Waals surface area contributed by atoms with Crippen LogP contribution in [-0.4, -0.2) is 19.9 Å². The van der Waals surface area contributed by atoms with Crippen molar-refractivity contribution in [2.45, 2.75) is 0 Å². The number of anilines is 1. The van der Waals surface area contributed by atoms with Crippen LogP contribution in [-0.2, 0) is 0 Å². The molecule has 2 aromatic heterocycles. The second-order valence-corrected chi connectivity index (χ2v) is 2.27. The lowest BCUT2D eigenvalue weighted by Crippen LogP contribution is -1.97. The minimum atomic E-state index is 0.213. The van der Waals surface area contributed by atoms with Gasteiger partial charge in [0, 0.05) is 0 Å². The van der Waals surface area contributed by atoms with Gasteiger partial charge in [0.2, 0.25) is 5.95 Å². The van der Waals surface area contributed by atoms with Crippen LogP contribution in [0.4, 0.5) is 5.95 Å². The largest absolute Gasteiger partial charge is 0.368 e. The molecule has 2 aromatic rings. The van der Waals surface area contributed by atoms with Crippen molar-refractivity contribution in [1.29, 1.82) is 0 Å². The lowest BCUT2D eigenvalue weighted by atomic mass is 10.3. The molecular formula is C7H7N5. The topological polar surface area (TPSA) is 80.5 Å². The van der Waals surface area contributed by atoms with E-state index in [-0.39, 0.29) is 5.95 Å². The summed E-state index contributed by atoms with van der Waals surface area (Å²) in [5.41, 5.74) is 7.44. The number of hydrogen-bond acceptors (Lipinski definition) is 4. The molecule has 0 saturated carbocycles. The second kappa shape index (κ2) is 2.30. The number of fused-ring (bicyclic) bond motifs is 1. The van der Waals surface area contributed by atoms with E-state index < -0.39 is 0 Å². The van der Waals surface area contributed by atoms with Crippen LogP contribution in [0.2, 0.25) is 0 Å². The molecule has 2 heterocycles. The normalized spacial score (nSPS) is 10.3. The van der Waals surface area contributed by atoms with Gasteiger partial charge in [-0.25, -0.2) is 9.97 Å². The lowest BCUT2D eigenvalue weighted by molar-refractivity contribution is 1.20. The van der Waals surface area contributed by atoms with Gasteiger partial charge in [-0.2, -0.15) is 4.98 Å². The third kappa shape index (κ3) is 0.833. The van der Waals surface area contributed by atoms with Gasteiger partial charge in [-0.3, -0.25) is 0 Å². The minimum Gasteiger partial charge on any atom is -0.368 e. The first kappa shape index (κ1) is 6.78. The first-order chi connectivity index (χ1) is 5.81. The van der Waals surface area contributed by atoms with Crippen molar-refractivity contribution in [3.63, 3.8) is 0 Å². The Balaban J connectivity index is 2.88. The molecule has 0 saturated heterocycles. The van der Waals surface area contributed by atoms with Crippen molar-refractivity contribution in [2.24, 2.45) is 0 Å². The Morgan fingerprint density at radius 2 is 2.33 bits per heavy atom. The molecule has 0 atom stereocenters. The van der Waals surface area contributed by atoms with Crippen molar-refractivity contribution in [1.82, 2.24) is 19.9 Å². The molecule has 0 unspecified atom stereocenters. The first-order valence-electron chi connectivity index (χ1n) is 3.40. The van der Waals surface area contributed by atoms with Crippen LogP contribution in [0.5, 0.6) is 0 Å². The zero-order valence-corrected chi connectivity index (χ0v) is 6.28. The summed E-state index contributed by atoms with van der Waals surface area (Å²) < 4.78 is 0. The summed E-state index contributed by atoms with van der Waals surface area (Å²) in [5, 5.41) is 0. The fourth-order valence-corrected chi connectivity index (χ4v) is 1.02. The summed E-state index contributed by atoms with van der Waals surface area (Å²) in [4.78, 5) is 14.7. The quantitative estimate of drug-likeness (QED) is 0.641. The fourth-order valence-electron chi connectivity index (χ4n) is 1.02. The maximum Gasteiger partial charge on any atom is 0.222 e. The van der Waals surface area contributed by atoms with Crippen LogP contribution in [0.15, 0.2) is 12.9 Å². The van der Waals surface area contributed by atoms with Gasteiger partial charge in [0.1, 0.15) is 5.52 Å². The molecule has 0 aliphatic carbocycles. The molecule has 5 nitrogen and oxygen atoms in total. The number of nitrogen functional groups attached to an aromatic ring is 1. The number of imidazole rings is 1. The molecule has 0 amide bonds. The third-order valence-electron chi connectivity index (χ3n) is 1.52. The summed E-state index contributed by atoms with van der Waals surface area (Å²) in [5.74, 6) is 0.213. The van der Waals surface area contributed by atoms with E-state index in [2.05, 4.69) is 26.5 Å². The fraction of sp³-hybridized carbons (Fsp3) is 0. The molecule has 0 radical (unpaired) electrons. The Morgan fingerprint density at radius 3 is 3.08 bits per heavy atom. The zero-order chi connectivity index (χ0) is 8.55. The third-order valence-corrected chi connectivity index (χ3v) is 1.52. The standard InChI is InChI=1S/C7H7N5/c1-2-4-5-6(10-3-9-5)12-7(8)11-4/h2-3H,1H2,(H3,8,9,10,11,12). The summed E-state index contributed by atoms with van der Waals surface area (Å²) in [6.45, 7) is 3.61. The van der Waals surface area contributed by atoms with Gasteiger partial charge in [0.25, 0.3) is 0 Å². The Bertz CT molecular complexity index is 430. The summed E-state index contributed by atoms with van der Waals surface area (Å²) in [7, 11) is 0. The van der Waals surface area contributed by atoms with Crippen LogP contribution in [0.25, 0.3) is 17.2 Å². The van der Waals surface area contributed by atoms with Gasteiger partial charge in [0.15, 0.2) is 5.65 Å². The van der Waals surface area contributed by atoms with Crippen LogP contribution in [0.1, 0.15) is 5.69 Å². The number of aromatic nitrogens is 4. The minimum absolute atomic E-state index is 0.213. The van der Waals surface area contributed by atoms with Gasteiger partial charge in [-0.05, 0) is 6.08 Å². The molecule has 0 spiro atoms. The van der Waals surface area contributed by atoms with E-state index in [0.29, 0.717) is 11.3 Å². The maximum absolute atomic E-state index is 5.44. The van der Waals surface area contributed by atoms with E-state index in [1.54, 1.807) is 12.4 Å². The van der Waals surface area contributed by atoms with Crippen LogP contribution < -0.4 is 5.73 Å². The Kier molecular flexibility index (Phi) is 1.30. The Morgan fingerprint density at radius 1 is 1.50 bits per heavy atom. The molecule has 12 heavy (non-hydrogen) atoms. The Hall–Kier alpha value is -1.91. The highest BCUT2D eigenvalue weighted by molar-refractivity contribution is 5.79. The van der Waals surface area contributed by atoms with Crippen molar-refractivity contribution in [3.8, 4) is 0 Å². The zero-order valence-electron chi connectivity index (χ0n) is 6.28. The summed E-state index contributed by atoms with van der Waals surface area (Å²) in [6, 6.07) is 0. The van der Waals surface area contributed by atoms with Gasteiger partial charge < -0.3 is 10.7 Å². The number of aromatic amines is 1. The maximum atomic E-state index is 5.44. The smallest absolute Gasteiger partial charge is 0.222 e. The molecule has 0 fully saturated rings. The summed E-state index contributed by atoms with van der Waals surface area (Å²) >= 11 is 0. The highest BCUT2D eigenvalue weighted by Crippen LogP contribution is 2.12. The predicted molar refractivity (Wildman–Crippen MR) is 46.2 cm³/mol. The van der Waals surface area contributed by atoms with Gasteiger partial charge in [0.05, 0.1) is 12.0 Å². The molecule has 60 valence electrons. The molecule has 2 rings (SSSR count). The number of hydrogen-bond donors (Lipinski definition) is 2. The number of nitrogens with zero attached hydrogens (tertiary/aromatic N) is 3. The number of nitrogens with two attached hydrogens (primary N) is 1. The number of nitrogens with one attached hydrogen (secondary N) is 1. The summed E-state index contributed by atoms with van der Waals surface area (Å²) in [6.07, 6.45) is 3.16. The Labute approximate surface area is 68.4 Å².